The third-order valence-electron chi connectivity index (χ3n) is 5.34. The van der Waals surface area contributed by atoms with Crippen molar-refractivity contribution in [2.75, 3.05) is 6.79 Å². The van der Waals surface area contributed by atoms with Crippen LogP contribution < -0.4 is 20.2 Å². The highest BCUT2D eigenvalue weighted by Gasteiger charge is 2.54. The van der Waals surface area contributed by atoms with Crippen LogP contribution in [0.25, 0.3) is 0 Å². The number of halogens is 1. The zero-order chi connectivity index (χ0) is 22.3. The van der Waals surface area contributed by atoms with Crippen molar-refractivity contribution in [2.24, 2.45) is 0 Å². The largest absolute Gasteiger partial charge is 0.454 e. The Morgan fingerprint density at radius 1 is 0.969 bits per heavy atom. The fourth-order valence-electron chi connectivity index (χ4n) is 3.83. The van der Waals surface area contributed by atoms with Gasteiger partial charge in [0.15, 0.2) is 17.0 Å². The number of nitrogens with zero attached hydrogens (tertiary/aromatic N) is 1. The second-order valence-electron chi connectivity index (χ2n) is 7.19. The van der Waals surface area contributed by atoms with Crippen molar-refractivity contribution in [1.29, 1.82) is 0 Å². The third-order valence-corrected chi connectivity index (χ3v) is 5.62. The topological polar surface area (TPSA) is 97.0 Å². The Morgan fingerprint density at radius 3 is 2.22 bits per heavy atom. The van der Waals surface area contributed by atoms with Crippen LogP contribution in [-0.4, -0.2) is 29.6 Å². The summed E-state index contributed by atoms with van der Waals surface area (Å²) in [5.74, 6) is -0.695. The van der Waals surface area contributed by atoms with Crippen LogP contribution in [0.3, 0.4) is 0 Å². The standard InChI is InChI=1S/C23H16ClN3O5/c24-17-11-14(12-18-19(17)32-13-31-18)20(28)26-27-21(29)23(25-22(27)30,15-7-3-1-4-8-15)16-9-5-2-6-10-16/h1-12H,13H2,(H,25,30)(H,26,28). The summed E-state index contributed by atoms with van der Waals surface area (Å²) in [5.41, 5.74) is 2.13. The molecule has 160 valence electrons. The third kappa shape index (κ3) is 3.04. The van der Waals surface area contributed by atoms with Crippen molar-refractivity contribution in [3.05, 3.63) is 94.5 Å². The van der Waals surface area contributed by atoms with Gasteiger partial charge < -0.3 is 14.8 Å². The van der Waals surface area contributed by atoms with E-state index in [1.165, 1.54) is 12.1 Å². The summed E-state index contributed by atoms with van der Waals surface area (Å²) in [6.45, 7) is -0.0101. The zero-order valence-corrected chi connectivity index (χ0v) is 17.3. The highest BCUT2D eigenvalue weighted by atomic mass is 35.5. The second-order valence-corrected chi connectivity index (χ2v) is 7.59. The Bertz CT molecular complexity index is 1190. The number of hydrogen-bond acceptors (Lipinski definition) is 5. The van der Waals surface area contributed by atoms with Crippen LogP contribution in [0.2, 0.25) is 5.02 Å². The summed E-state index contributed by atoms with van der Waals surface area (Å²) in [7, 11) is 0. The molecule has 0 atom stereocenters. The molecule has 0 aromatic heterocycles. The van der Waals surface area contributed by atoms with Crippen LogP contribution in [0.4, 0.5) is 4.79 Å². The lowest BCUT2D eigenvalue weighted by Crippen LogP contribution is -2.49. The number of hydrogen-bond donors (Lipinski definition) is 2. The van der Waals surface area contributed by atoms with Crippen molar-refractivity contribution in [1.82, 2.24) is 15.8 Å². The first kappa shape index (κ1) is 19.9. The summed E-state index contributed by atoms with van der Waals surface area (Å²) in [6.07, 6.45) is 0. The Kier molecular flexibility index (Phi) is 4.71. The number of benzene rings is 3. The van der Waals surface area contributed by atoms with Gasteiger partial charge in [-0.3, -0.25) is 15.0 Å². The molecule has 1 fully saturated rings. The van der Waals surface area contributed by atoms with E-state index in [2.05, 4.69) is 10.7 Å². The molecule has 0 saturated carbocycles. The van der Waals surface area contributed by atoms with Gasteiger partial charge in [0, 0.05) is 5.56 Å². The van der Waals surface area contributed by atoms with E-state index in [9.17, 15) is 14.4 Å². The first-order valence-corrected chi connectivity index (χ1v) is 10.1. The Labute approximate surface area is 187 Å². The summed E-state index contributed by atoms with van der Waals surface area (Å²) in [5, 5.41) is 3.63. The quantitative estimate of drug-likeness (QED) is 0.596. The highest BCUT2D eigenvalue weighted by Crippen LogP contribution is 2.40. The predicted octanol–water partition coefficient (Wildman–Crippen LogP) is 3.21. The summed E-state index contributed by atoms with van der Waals surface area (Å²) >= 11 is 6.15. The molecule has 3 aromatic rings. The SMILES string of the molecule is O=C(NN1C(=O)NC(c2ccccc2)(c2ccccc2)C1=O)c1cc(Cl)c2c(c1)OCO2. The molecule has 0 spiro atoms. The maximum Gasteiger partial charge on any atom is 0.344 e. The molecular formula is C23H16ClN3O5. The van der Waals surface area contributed by atoms with Crippen LogP contribution in [-0.2, 0) is 10.3 Å². The number of ether oxygens (including phenoxy) is 2. The fourth-order valence-corrected chi connectivity index (χ4v) is 4.10. The molecule has 2 N–H and O–H groups in total. The minimum atomic E-state index is -1.49. The summed E-state index contributed by atoms with van der Waals surface area (Å²) < 4.78 is 10.5. The molecule has 2 heterocycles. The highest BCUT2D eigenvalue weighted by molar-refractivity contribution is 6.32. The van der Waals surface area contributed by atoms with Crippen LogP contribution in [0, 0.1) is 0 Å². The van der Waals surface area contributed by atoms with E-state index in [-0.39, 0.29) is 17.4 Å². The molecule has 2 aliphatic heterocycles. The lowest BCUT2D eigenvalue weighted by Gasteiger charge is -2.27. The average molecular weight is 450 g/mol. The van der Waals surface area contributed by atoms with E-state index in [1.54, 1.807) is 48.5 Å². The van der Waals surface area contributed by atoms with Gasteiger partial charge in [-0.05, 0) is 23.3 Å². The Balaban J connectivity index is 1.50. The number of fused-ring (bicyclic) bond motifs is 1. The lowest BCUT2D eigenvalue weighted by molar-refractivity contribution is -0.131. The van der Waals surface area contributed by atoms with Crippen LogP contribution >= 0.6 is 11.6 Å². The van der Waals surface area contributed by atoms with Crippen molar-refractivity contribution in [3.8, 4) is 11.5 Å². The number of nitrogens with one attached hydrogen (secondary N) is 2. The Morgan fingerprint density at radius 2 is 1.59 bits per heavy atom. The van der Waals surface area contributed by atoms with Crippen molar-refractivity contribution < 1.29 is 23.9 Å². The maximum absolute atomic E-state index is 13.6. The molecule has 0 radical (unpaired) electrons. The minimum Gasteiger partial charge on any atom is -0.454 e. The molecule has 4 amide bonds. The number of carbonyl (C=O) groups excluding carboxylic acids is 3. The van der Waals surface area contributed by atoms with E-state index >= 15 is 0 Å². The van der Waals surface area contributed by atoms with E-state index in [1.807, 2.05) is 12.1 Å². The van der Waals surface area contributed by atoms with Gasteiger partial charge in [-0.1, -0.05) is 72.3 Å². The minimum absolute atomic E-state index is 0.0101. The molecule has 0 aliphatic carbocycles. The summed E-state index contributed by atoms with van der Waals surface area (Å²) in [6, 6.07) is 19.7. The van der Waals surface area contributed by atoms with Gasteiger partial charge in [0.05, 0.1) is 5.02 Å². The number of rotatable bonds is 4. The van der Waals surface area contributed by atoms with Crippen LogP contribution in [0.5, 0.6) is 11.5 Å². The van der Waals surface area contributed by atoms with Crippen molar-refractivity contribution in [2.45, 2.75) is 5.54 Å². The first-order chi connectivity index (χ1) is 15.5. The van der Waals surface area contributed by atoms with Crippen LogP contribution in [0.15, 0.2) is 72.8 Å². The number of hydrazine groups is 1. The van der Waals surface area contributed by atoms with Gasteiger partial charge in [0.1, 0.15) is 0 Å². The molecule has 2 aliphatic rings. The first-order valence-electron chi connectivity index (χ1n) is 9.68. The van der Waals surface area contributed by atoms with Gasteiger partial charge in [-0.2, -0.15) is 5.01 Å². The molecule has 9 heteroatoms. The predicted molar refractivity (Wildman–Crippen MR) is 114 cm³/mol. The molecular weight excluding hydrogens is 434 g/mol. The fraction of sp³-hybridized carbons (Fsp3) is 0.0870. The van der Waals surface area contributed by atoms with Crippen molar-refractivity contribution in [3.63, 3.8) is 0 Å². The van der Waals surface area contributed by atoms with Gasteiger partial charge in [-0.15, -0.1) is 0 Å². The van der Waals surface area contributed by atoms with E-state index in [0.29, 0.717) is 27.6 Å². The molecule has 3 aromatic carbocycles. The van der Waals surface area contributed by atoms with E-state index in [4.69, 9.17) is 21.1 Å². The van der Waals surface area contributed by atoms with Gasteiger partial charge >= 0.3 is 6.03 Å². The second kappa shape index (κ2) is 7.58. The molecule has 1 saturated heterocycles. The lowest BCUT2D eigenvalue weighted by atomic mass is 9.83. The van der Waals surface area contributed by atoms with Gasteiger partial charge in [-0.25, -0.2) is 4.79 Å². The monoisotopic (exact) mass is 449 g/mol. The molecule has 0 unspecified atom stereocenters. The van der Waals surface area contributed by atoms with Crippen LogP contribution in [0.1, 0.15) is 21.5 Å². The van der Waals surface area contributed by atoms with Gasteiger partial charge in [0.25, 0.3) is 11.8 Å². The smallest absolute Gasteiger partial charge is 0.344 e. The average Bonchev–Trinajstić information content (AvgIpc) is 3.39. The summed E-state index contributed by atoms with van der Waals surface area (Å²) in [4.78, 5) is 39.4. The number of urea groups is 1. The normalized spacial score (nSPS) is 16.1. The number of amides is 4. The number of imide groups is 1. The van der Waals surface area contributed by atoms with E-state index < -0.39 is 23.4 Å². The van der Waals surface area contributed by atoms with E-state index in [0.717, 1.165) is 0 Å². The maximum atomic E-state index is 13.6. The zero-order valence-electron chi connectivity index (χ0n) is 16.5. The Hall–Kier alpha value is -4.04. The number of carbonyl (C=O) groups is 3. The molecule has 0 bridgehead atoms. The van der Waals surface area contributed by atoms with Crippen molar-refractivity contribution >= 4 is 29.4 Å². The van der Waals surface area contributed by atoms with Gasteiger partial charge in [0.2, 0.25) is 6.79 Å². The molecule has 32 heavy (non-hydrogen) atoms. The molecule has 5 rings (SSSR count). The molecule has 8 nitrogen and oxygen atoms in total.